The Morgan fingerprint density at radius 3 is 2.31 bits per heavy atom. The van der Waals surface area contributed by atoms with Gasteiger partial charge in [0.2, 0.25) is 0 Å². The van der Waals surface area contributed by atoms with Gasteiger partial charge in [0.25, 0.3) is 0 Å². The molecule has 4 nitrogen and oxygen atoms in total. The fourth-order valence-corrected chi connectivity index (χ4v) is 5.05. The number of piperidine rings is 1. The summed E-state index contributed by atoms with van der Waals surface area (Å²) in [5, 5.41) is 0. The Hall–Kier alpha value is -3.18. The molecule has 1 unspecified atom stereocenters. The molecule has 3 aromatic carbocycles. The molecule has 0 radical (unpaired) electrons. The molecule has 35 heavy (non-hydrogen) atoms. The second kappa shape index (κ2) is 12.0. The number of methoxy groups -OCH3 is 1. The molecule has 1 saturated heterocycles. The lowest BCUT2D eigenvalue weighted by atomic mass is 9.76. The lowest BCUT2D eigenvalue weighted by Crippen LogP contribution is -2.36. The Morgan fingerprint density at radius 1 is 0.971 bits per heavy atom. The van der Waals surface area contributed by atoms with Gasteiger partial charge in [-0.2, -0.15) is 0 Å². The van der Waals surface area contributed by atoms with Gasteiger partial charge in [0.05, 0.1) is 13.7 Å². The minimum Gasteiger partial charge on any atom is -0.493 e. The number of hydrogen-bond donors (Lipinski definition) is 0. The lowest BCUT2D eigenvalue weighted by molar-refractivity contribution is 0.101. The van der Waals surface area contributed by atoms with E-state index in [9.17, 15) is 9.18 Å². The van der Waals surface area contributed by atoms with Crippen molar-refractivity contribution in [3.63, 3.8) is 0 Å². The van der Waals surface area contributed by atoms with E-state index < -0.39 is 0 Å². The van der Waals surface area contributed by atoms with Crippen LogP contribution in [0.3, 0.4) is 0 Å². The molecule has 1 heterocycles. The van der Waals surface area contributed by atoms with Gasteiger partial charge >= 0.3 is 0 Å². The number of likely N-dealkylation sites (tertiary alicyclic amines) is 1. The highest BCUT2D eigenvalue weighted by Gasteiger charge is 2.28. The summed E-state index contributed by atoms with van der Waals surface area (Å²) in [4.78, 5) is 14.1. The number of ether oxygens (including phenoxy) is 2. The van der Waals surface area contributed by atoms with Crippen LogP contribution < -0.4 is 9.47 Å². The zero-order valence-electron chi connectivity index (χ0n) is 20.6. The van der Waals surface area contributed by atoms with E-state index in [1.807, 2.05) is 18.2 Å². The van der Waals surface area contributed by atoms with Gasteiger partial charge < -0.3 is 14.4 Å². The molecule has 0 N–H and O–H groups in total. The Balaban J connectivity index is 1.29. The highest BCUT2D eigenvalue weighted by Crippen LogP contribution is 2.38. The summed E-state index contributed by atoms with van der Waals surface area (Å²) in [5.41, 5.74) is 3.11. The maximum absolute atomic E-state index is 13.6. The average Bonchev–Trinajstić information content (AvgIpc) is 2.89. The summed E-state index contributed by atoms with van der Waals surface area (Å²) in [5.74, 6) is 1.89. The first kappa shape index (κ1) is 24.9. The molecule has 0 aromatic heterocycles. The first-order valence-electron chi connectivity index (χ1n) is 12.4. The minimum absolute atomic E-state index is 0.00665. The number of ketones is 1. The maximum atomic E-state index is 13.6. The molecule has 1 aliphatic heterocycles. The minimum atomic E-state index is -0.190. The molecule has 5 heteroatoms. The van der Waals surface area contributed by atoms with Gasteiger partial charge in [0.15, 0.2) is 17.3 Å². The van der Waals surface area contributed by atoms with Gasteiger partial charge in [-0.3, -0.25) is 4.79 Å². The van der Waals surface area contributed by atoms with E-state index in [0.717, 1.165) is 38.9 Å². The molecule has 1 fully saturated rings. The number of benzene rings is 3. The van der Waals surface area contributed by atoms with Crippen LogP contribution in [0.1, 0.15) is 53.6 Å². The molecule has 0 saturated carbocycles. The second-order valence-corrected chi connectivity index (χ2v) is 9.24. The molecule has 1 aliphatic rings. The normalized spacial score (nSPS) is 15.5. The summed E-state index contributed by atoms with van der Waals surface area (Å²) < 4.78 is 24.9. The monoisotopic (exact) mass is 475 g/mol. The Labute approximate surface area is 207 Å². The second-order valence-electron chi connectivity index (χ2n) is 9.24. The lowest BCUT2D eigenvalue weighted by Gasteiger charge is -2.36. The smallest absolute Gasteiger partial charge is 0.161 e. The predicted molar refractivity (Wildman–Crippen MR) is 137 cm³/mol. The molecule has 184 valence electrons. The maximum Gasteiger partial charge on any atom is 0.161 e. The molecule has 0 bridgehead atoms. The van der Waals surface area contributed by atoms with E-state index in [1.165, 1.54) is 11.1 Å². The molecular weight excluding hydrogens is 441 g/mol. The van der Waals surface area contributed by atoms with Crippen molar-refractivity contribution in [2.24, 2.45) is 5.92 Å². The summed E-state index contributed by atoms with van der Waals surface area (Å²) in [6, 6.07) is 22.9. The van der Waals surface area contributed by atoms with E-state index >= 15 is 0 Å². The van der Waals surface area contributed by atoms with Crippen molar-refractivity contribution < 1.29 is 18.7 Å². The van der Waals surface area contributed by atoms with E-state index in [-0.39, 0.29) is 17.5 Å². The molecular formula is C30H34FNO3. The summed E-state index contributed by atoms with van der Waals surface area (Å²) in [6.45, 7) is 5.21. The van der Waals surface area contributed by atoms with Crippen LogP contribution in [0.15, 0.2) is 72.8 Å². The molecule has 3 aromatic rings. The van der Waals surface area contributed by atoms with Crippen LogP contribution in [0.25, 0.3) is 0 Å². The van der Waals surface area contributed by atoms with E-state index in [0.29, 0.717) is 29.6 Å². The molecule has 0 spiro atoms. The molecule has 0 amide bonds. The number of carbonyl (C=O) groups is 1. The Bertz CT molecular complexity index is 1090. The summed E-state index contributed by atoms with van der Waals surface area (Å²) >= 11 is 0. The van der Waals surface area contributed by atoms with Gasteiger partial charge in [0.1, 0.15) is 5.82 Å². The number of nitrogens with zero attached hydrogens (tertiary/aromatic N) is 1. The fraction of sp³-hybridized carbons (Fsp3) is 0.367. The SMILES string of the molecule is COc1cc(C(C)=O)ccc1OCCCN1CCC(C(c2ccccc2)c2ccc(F)cc2)CC1. The van der Waals surface area contributed by atoms with Gasteiger partial charge in [-0.05, 0) is 86.7 Å². The molecule has 1 atom stereocenters. The van der Waals surface area contributed by atoms with Crippen LogP contribution >= 0.6 is 0 Å². The van der Waals surface area contributed by atoms with Gasteiger partial charge in [-0.25, -0.2) is 4.39 Å². The molecule has 0 aliphatic carbocycles. The van der Waals surface area contributed by atoms with Crippen molar-refractivity contribution in [3.05, 3.63) is 95.3 Å². The number of Topliss-reactive ketones (excluding diaryl/α,β-unsaturated/α-hetero) is 1. The van der Waals surface area contributed by atoms with Crippen LogP contribution in [-0.2, 0) is 0 Å². The van der Waals surface area contributed by atoms with Crippen molar-refractivity contribution in [1.29, 1.82) is 0 Å². The first-order chi connectivity index (χ1) is 17.0. The zero-order valence-corrected chi connectivity index (χ0v) is 20.6. The van der Waals surface area contributed by atoms with Crippen molar-refractivity contribution in [1.82, 2.24) is 4.90 Å². The molecule has 4 rings (SSSR count). The number of hydrogen-bond acceptors (Lipinski definition) is 4. The topological polar surface area (TPSA) is 38.8 Å². The standard InChI is InChI=1S/C30H34FNO3/c1-22(33)26-11-14-28(29(21-26)34-2)35-20-6-17-32-18-15-25(16-19-32)30(23-7-4-3-5-8-23)24-9-12-27(31)13-10-24/h3-5,7-14,21,25,30H,6,15-20H2,1-2H3. The quantitative estimate of drug-likeness (QED) is 0.253. The predicted octanol–water partition coefficient (Wildman–Crippen LogP) is 6.35. The average molecular weight is 476 g/mol. The van der Waals surface area contributed by atoms with Gasteiger partial charge in [0, 0.05) is 18.0 Å². The first-order valence-corrected chi connectivity index (χ1v) is 12.4. The zero-order chi connectivity index (χ0) is 24.6. The van der Waals surface area contributed by atoms with Crippen molar-refractivity contribution in [3.8, 4) is 11.5 Å². The third kappa shape index (κ3) is 6.49. The van der Waals surface area contributed by atoms with Gasteiger partial charge in [-0.1, -0.05) is 42.5 Å². The number of rotatable bonds is 10. The third-order valence-corrected chi connectivity index (χ3v) is 6.94. The van der Waals surface area contributed by atoms with Crippen LogP contribution in [-0.4, -0.2) is 44.0 Å². The highest BCUT2D eigenvalue weighted by molar-refractivity contribution is 5.94. The van der Waals surface area contributed by atoms with Crippen LogP contribution in [0, 0.1) is 11.7 Å². The highest BCUT2D eigenvalue weighted by atomic mass is 19.1. The van der Waals surface area contributed by atoms with Crippen LogP contribution in [0.4, 0.5) is 4.39 Å². The summed E-state index contributed by atoms with van der Waals surface area (Å²) in [6.07, 6.45) is 3.14. The Morgan fingerprint density at radius 2 is 1.66 bits per heavy atom. The van der Waals surface area contributed by atoms with E-state index in [4.69, 9.17) is 9.47 Å². The number of halogens is 1. The largest absolute Gasteiger partial charge is 0.493 e. The third-order valence-electron chi connectivity index (χ3n) is 6.94. The van der Waals surface area contributed by atoms with Gasteiger partial charge in [-0.15, -0.1) is 0 Å². The van der Waals surface area contributed by atoms with Crippen molar-refractivity contribution >= 4 is 5.78 Å². The number of carbonyl (C=O) groups excluding carboxylic acids is 1. The van der Waals surface area contributed by atoms with Crippen molar-refractivity contribution in [2.75, 3.05) is 33.4 Å². The Kier molecular flexibility index (Phi) is 8.54. The fourth-order valence-electron chi connectivity index (χ4n) is 5.05. The van der Waals surface area contributed by atoms with Crippen molar-refractivity contribution in [2.45, 2.75) is 32.1 Å². The van der Waals surface area contributed by atoms with Crippen LogP contribution in [0.2, 0.25) is 0 Å². The summed E-state index contributed by atoms with van der Waals surface area (Å²) in [7, 11) is 1.59. The van der Waals surface area contributed by atoms with E-state index in [1.54, 1.807) is 44.4 Å². The van der Waals surface area contributed by atoms with E-state index in [2.05, 4.69) is 29.2 Å². The van der Waals surface area contributed by atoms with Crippen LogP contribution in [0.5, 0.6) is 11.5 Å².